The Morgan fingerprint density at radius 1 is 1.48 bits per heavy atom. The molecule has 0 aromatic carbocycles. The summed E-state index contributed by atoms with van der Waals surface area (Å²) >= 11 is 0. The van der Waals surface area contributed by atoms with E-state index in [0.717, 1.165) is 4.90 Å². The number of piperidine rings is 1. The second-order valence-electron chi connectivity index (χ2n) is 5.23. The first-order valence-corrected chi connectivity index (χ1v) is 6.78. The van der Waals surface area contributed by atoms with Gasteiger partial charge >= 0.3 is 6.18 Å². The van der Waals surface area contributed by atoms with Crippen LogP contribution in [-0.4, -0.2) is 35.6 Å². The summed E-state index contributed by atoms with van der Waals surface area (Å²) in [5.41, 5.74) is 6.37. The minimum Gasteiger partial charge on any atom is -0.329 e. The van der Waals surface area contributed by atoms with Crippen molar-refractivity contribution in [2.24, 2.45) is 11.7 Å². The number of amides is 1. The smallest absolute Gasteiger partial charge is 0.329 e. The van der Waals surface area contributed by atoms with Crippen LogP contribution >= 0.6 is 0 Å². The molecule has 1 fully saturated rings. The Bertz CT molecular complexity index is 454. The Hall–Kier alpha value is -1.56. The summed E-state index contributed by atoms with van der Waals surface area (Å²) in [4.78, 5) is 12.7. The van der Waals surface area contributed by atoms with Gasteiger partial charge in [0.15, 0.2) is 0 Å². The molecule has 1 saturated heterocycles. The summed E-state index contributed by atoms with van der Waals surface area (Å²) < 4.78 is 37.8. The summed E-state index contributed by atoms with van der Waals surface area (Å²) in [6.07, 6.45) is 3.03. The standard InChI is InChI=1S/C15H21F3N2O/c1-4-5-6-7-10(2)12-8-13(19)14(21)20(11(12)3)9-15(16,17)18/h4-7,11-13H,2,8-9,19H2,1,3H3/b5-4-,7-6-/t11-,12+,13+/m1/s1. The van der Waals surface area contributed by atoms with Crippen molar-refractivity contribution >= 4 is 5.91 Å². The Morgan fingerprint density at radius 2 is 2.10 bits per heavy atom. The average Bonchev–Trinajstić information content (AvgIpc) is 2.38. The molecule has 2 N–H and O–H groups in total. The third kappa shape index (κ3) is 4.74. The topological polar surface area (TPSA) is 46.3 Å². The molecular weight excluding hydrogens is 281 g/mol. The van der Waals surface area contributed by atoms with Gasteiger partial charge in [-0.1, -0.05) is 30.9 Å². The quantitative estimate of drug-likeness (QED) is 0.812. The summed E-state index contributed by atoms with van der Waals surface area (Å²) in [5, 5.41) is 0. The van der Waals surface area contributed by atoms with Crippen molar-refractivity contribution in [2.75, 3.05) is 6.54 Å². The molecular formula is C15H21F3N2O. The van der Waals surface area contributed by atoms with Gasteiger partial charge in [0.1, 0.15) is 6.54 Å². The molecule has 0 aliphatic carbocycles. The minimum absolute atomic E-state index is 0.276. The molecule has 1 aliphatic heterocycles. The fourth-order valence-corrected chi connectivity index (χ4v) is 2.49. The lowest BCUT2D eigenvalue weighted by molar-refractivity contribution is -0.171. The van der Waals surface area contributed by atoms with Gasteiger partial charge in [0.05, 0.1) is 6.04 Å². The molecule has 3 nitrogen and oxygen atoms in total. The van der Waals surface area contributed by atoms with Gasteiger partial charge in [-0.2, -0.15) is 13.2 Å². The van der Waals surface area contributed by atoms with E-state index in [1.165, 1.54) is 0 Å². The number of nitrogens with two attached hydrogens (primary N) is 1. The molecule has 0 unspecified atom stereocenters. The van der Waals surface area contributed by atoms with Gasteiger partial charge < -0.3 is 10.6 Å². The van der Waals surface area contributed by atoms with E-state index >= 15 is 0 Å². The maximum absolute atomic E-state index is 12.6. The molecule has 0 aromatic heterocycles. The minimum atomic E-state index is -4.44. The monoisotopic (exact) mass is 302 g/mol. The van der Waals surface area contributed by atoms with Crippen LogP contribution in [0.4, 0.5) is 13.2 Å². The van der Waals surface area contributed by atoms with Crippen molar-refractivity contribution in [1.29, 1.82) is 0 Å². The lowest BCUT2D eigenvalue weighted by Gasteiger charge is -2.42. The molecule has 0 aromatic rings. The van der Waals surface area contributed by atoms with Gasteiger partial charge in [0.2, 0.25) is 5.91 Å². The fraction of sp³-hybridized carbons (Fsp3) is 0.533. The van der Waals surface area contributed by atoms with Crippen molar-refractivity contribution in [3.05, 3.63) is 36.5 Å². The normalized spacial score (nSPS) is 27.8. The van der Waals surface area contributed by atoms with E-state index in [4.69, 9.17) is 5.73 Å². The van der Waals surface area contributed by atoms with Gasteiger partial charge in [-0.3, -0.25) is 4.79 Å². The zero-order chi connectivity index (χ0) is 16.2. The van der Waals surface area contributed by atoms with Crippen LogP contribution in [0.1, 0.15) is 20.3 Å². The summed E-state index contributed by atoms with van der Waals surface area (Å²) in [5.74, 6) is -0.928. The molecule has 6 heteroatoms. The van der Waals surface area contributed by atoms with Crippen LogP contribution in [0.15, 0.2) is 36.5 Å². The Kier molecular flexibility index (Phi) is 5.78. The van der Waals surface area contributed by atoms with Crippen LogP contribution < -0.4 is 5.73 Å². The molecule has 0 saturated carbocycles. The van der Waals surface area contributed by atoms with E-state index in [1.54, 1.807) is 25.2 Å². The van der Waals surface area contributed by atoms with Gasteiger partial charge in [-0.15, -0.1) is 0 Å². The zero-order valence-corrected chi connectivity index (χ0v) is 12.2. The zero-order valence-electron chi connectivity index (χ0n) is 12.2. The van der Waals surface area contributed by atoms with E-state index in [9.17, 15) is 18.0 Å². The van der Waals surface area contributed by atoms with Crippen LogP contribution in [0, 0.1) is 5.92 Å². The summed E-state index contributed by atoms with van der Waals surface area (Å²) in [7, 11) is 0. The number of nitrogens with zero attached hydrogens (tertiary/aromatic N) is 1. The Morgan fingerprint density at radius 3 is 2.62 bits per heavy atom. The highest BCUT2D eigenvalue weighted by molar-refractivity contribution is 5.83. The largest absolute Gasteiger partial charge is 0.406 e. The number of hydrogen-bond acceptors (Lipinski definition) is 2. The molecule has 21 heavy (non-hydrogen) atoms. The van der Waals surface area contributed by atoms with E-state index in [0.29, 0.717) is 12.0 Å². The summed E-state index contributed by atoms with van der Waals surface area (Å²) in [6.45, 7) is 6.08. The number of hydrogen-bond donors (Lipinski definition) is 1. The third-order valence-electron chi connectivity index (χ3n) is 3.62. The number of likely N-dealkylation sites (tertiary alicyclic amines) is 1. The van der Waals surface area contributed by atoms with Crippen LogP contribution in [0.2, 0.25) is 0 Å². The third-order valence-corrected chi connectivity index (χ3v) is 3.62. The Labute approximate surface area is 123 Å². The SMILES string of the molecule is C=C(/C=C\C=C/C)[C@@H]1C[C@H](N)C(=O)N(CC(F)(F)F)[C@@H]1C. The van der Waals surface area contributed by atoms with Crippen LogP contribution in [-0.2, 0) is 4.79 Å². The van der Waals surface area contributed by atoms with Crippen molar-refractivity contribution in [1.82, 2.24) is 4.90 Å². The molecule has 3 atom stereocenters. The number of halogens is 3. The second kappa shape index (κ2) is 6.93. The van der Waals surface area contributed by atoms with Crippen molar-refractivity contribution in [2.45, 2.75) is 38.5 Å². The van der Waals surface area contributed by atoms with Gasteiger partial charge in [-0.05, 0) is 25.8 Å². The lowest BCUT2D eigenvalue weighted by Crippen LogP contribution is -2.58. The van der Waals surface area contributed by atoms with Crippen molar-refractivity contribution in [3.8, 4) is 0 Å². The van der Waals surface area contributed by atoms with Crippen LogP contribution in [0.5, 0.6) is 0 Å². The number of rotatable bonds is 4. The summed E-state index contributed by atoms with van der Waals surface area (Å²) in [6, 6.07) is -1.50. The molecule has 0 bridgehead atoms. The first-order valence-electron chi connectivity index (χ1n) is 6.78. The number of allylic oxidation sites excluding steroid dienone is 4. The van der Waals surface area contributed by atoms with Crippen LogP contribution in [0.25, 0.3) is 0 Å². The predicted octanol–water partition coefficient (Wildman–Crippen LogP) is 2.80. The van der Waals surface area contributed by atoms with E-state index in [-0.39, 0.29) is 5.92 Å². The van der Waals surface area contributed by atoms with Crippen molar-refractivity contribution < 1.29 is 18.0 Å². The molecule has 118 valence electrons. The van der Waals surface area contributed by atoms with Gasteiger partial charge in [-0.25, -0.2) is 0 Å². The molecule has 1 rings (SSSR count). The lowest BCUT2D eigenvalue weighted by atomic mass is 9.82. The average molecular weight is 302 g/mol. The van der Waals surface area contributed by atoms with E-state index < -0.39 is 30.7 Å². The maximum atomic E-state index is 12.6. The second-order valence-corrected chi connectivity index (χ2v) is 5.23. The van der Waals surface area contributed by atoms with Gasteiger partial charge in [0, 0.05) is 12.0 Å². The molecule has 0 spiro atoms. The van der Waals surface area contributed by atoms with Crippen LogP contribution in [0.3, 0.4) is 0 Å². The molecule has 1 amide bonds. The molecule has 0 radical (unpaired) electrons. The number of carbonyl (C=O) groups is 1. The number of carbonyl (C=O) groups excluding carboxylic acids is 1. The highest BCUT2D eigenvalue weighted by Crippen LogP contribution is 2.32. The highest BCUT2D eigenvalue weighted by Gasteiger charge is 2.43. The number of alkyl halides is 3. The fourth-order valence-electron chi connectivity index (χ4n) is 2.49. The van der Waals surface area contributed by atoms with Gasteiger partial charge in [0.25, 0.3) is 0 Å². The van der Waals surface area contributed by atoms with E-state index in [2.05, 4.69) is 6.58 Å². The molecule has 1 aliphatic rings. The predicted molar refractivity (Wildman–Crippen MR) is 76.4 cm³/mol. The van der Waals surface area contributed by atoms with E-state index in [1.807, 2.05) is 13.0 Å². The molecule has 1 heterocycles. The Balaban J connectivity index is 2.92. The van der Waals surface area contributed by atoms with Crippen molar-refractivity contribution in [3.63, 3.8) is 0 Å². The first kappa shape index (κ1) is 17.5. The first-order chi connectivity index (χ1) is 9.67. The maximum Gasteiger partial charge on any atom is 0.406 e. The highest BCUT2D eigenvalue weighted by atomic mass is 19.4.